The molecule has 38 heavy (non-hydrogen) atoms. The van der Waals surface area contributed by atoms with Crippen molar-refractivity contribution in [2.75, 3.05) is 16.0 Å². The van der Waals surface area contributed by atoms with Crippen LogP contribution in [0, 0.1) is 5.92 Å². The molecule has 0 aliphatic heterocycles. The van der Waals surface area contributed by atoms with Gasteiger partial charge in [-0.3, -0.25) is 14.4 Å². The summed E-state index contributed by atoms with van der Waals surface area (Å²) in [6.07, 6.45) is 0. The zero-order valence-electron chi connectivity index (χ0n) is 19.3. The fourth-order valence-electron chi connectivity index (χ4n) is 3.95. The lowest BCUT2D eigenvalue weighted by Crippen LogP contribution is -2.18. The smallest absolute Gasteiger partial charge is 0.257 e. The van der Waals surface area contributed by atoms with Gasteiger partial charge in [0.25, 0.3) is 5.91 Å². The Morgan fingerprint density at radius 3 is 1.92 bits per heavy atom. The molecule has 2 atom stereocenters. The van der Waals surface area contributed by atoms with Crippen molar-refractivity contribution in [3.05, 3.63) is 80.8 Å². The summed E-state index contributed by atoms with van der Waals surface area (Å²) in [5.74, 6) is -2.88. The van der Waals surface area contributed by atoms with E-state index in [1.54, 1.807) is 24.3 Å². The summed E-state index contributed by atoms with van der Waals surface area (Å²) >= 11 is 31.2. The molecule has 0 heterocycles. The van der Waals surface area contributed by atoms with Crippen LogP contribution in [0.15, 0.2) is 54.6 Å². The largest absolute Gasteiger partial charge is 0.337 e. The van der Waals surface area contributed by atoms with Crippen LogP contribution in [0.1, 0.15) is 28.8 Å². The molecule has 2 unspecified atom stereocenters. The highest BCUT2D eigenvalue weighted by atomic mass is 35.5. The first kappa shape index (κ1) is 28.3. The minimum Gasteiger partial charge on any atom is -0.337 e. The Kier molecular flexibility index (Phi) is 8.32. The minimum atomic E-state index is -1.45. The Hall–Kier alpha value is -2.72. The summed E-state index contributed by atoms with van der Waals surface area (Å²) < 4.78 is -1.45. The van der Waals surface area contributed by atoms with E-state index in [-0.39, 0.29) is 32.3 Å². The summed E-state index contributed by atoms with van der Waals surface area (Å²) in [4.78, 5) is 41.3. The molecule has 0 saturated heterocycles. The SMILES string of the molecule is CC(=O)Nc1ccc(NC(=O)c2cc(NC(=O)C3C(c4cc(Cl)c(OO)c(Cl)c4)C3(Cl)Cl)ccc2Cl)cc1. The van der Waals surface area contributed by atoms with Crippen LogP contribution in [-0.2, 0) is 9.59 Å². The Morgan fingerprint density at radius 2 is 1.37 bits per heavy atom. The molecule has 3 aromatic carbocycles. The second-order valence-electron chi connectivity index (χ2n) is 8.43. The van der Waals surface area contributed by atoms with Gasteiger partial charge < -0.3 is 20.8 Å². The number of carbonyl (C=O) groups excluding carboxylic acids is 3. The molecule has 1 aliphatic carbocycles. The highest BCUT2D eigenvalue weighted by Gasteiger charge is 2.67. The second kappa shape index (κ2) is 11.2. The maximum absolute atomic E-state index is 13.1. The van der Waals surface area contributed by atoms with Crippen molar-refractivity contribution in [2.45, 2.75) is 17.2 Å². The summed E-state index contributed by atoms with van der Waals surface area (Å²) in [5, 5.41) is 17.2. The summed E-state index contributed by atoms with van der Waals surface area (Å²) in [6, 6.07) is 13.8. The van der Waals surface area contributed by atoms with Crippen LogP contribution in [0.2, 0.25) is 15.1 Å². The first-order chi connectivity index (χ1) is 17.9. The predicted octanol–water partition coefficient (Wildman–Crippen LogP) is 7.24. The van der Waals surface area contributed by atoms with Gasteiger partial charge in [0, 0.05) is 29.9 Å². The molecule has 1 aliphatic rings. The van der Waals surface area contributed by atoms with E-state index >= 15 is 0 Å². The number of carbonyl (C=O) groups is 3. The van der Waals surface area contributed by atoms with Crippen molar-refractivity contribution >= 4 is 92.8 Å². The van der Waals surface area contributed by atoms with Crippen LogP contribution in [0.3, 0.4) is 0 Å². The zero-order valence-corrected chi connectivity index (χ0v) is 23.1. The first-order valence-corrected chi connectivity index (χ1v) is 12.8. The van der Waals surface area contributed by atoms with Crippen molar-refractivity contribution in [1.82, 2.24) is 0 Å². The van der Waals surface area contributed by atoms with E-state index in [0.29, 0.717) is 22.6 Å². The van der Waals surface area contributed by atoms with Crippen LogP contribution in [0.25, 0.3) is 0 Å². The quantitative estimate of drug-likeness (QED) is 0.127. The van der Waals surface area contributed by atoms with Gasteiger partial charge in [0.05, 0.1) is 26.5 Å². The maximum Gasteiger partial charge on any atom is 0.257 e. The Labute approximate surface area is 242 Å². The molecule has 0 radical (unpaired) electrons. The molecule has 3 aromatic rings. The van der Waals surface area contributed by atoms with Crippen LogP contribution >= 0.6 is 58.0 Å². The topological polar surface area (TPSA) is 117 Å². The minimum absolute atomic E-state index is 0.0169. The van der Waals surface area contributed by atoms with Crippen LogP contribution in [-0.4, -0.2) is 27.3 Å². The molecule has 4 N–H and O–H groups in total. The number of amides is 3. The normalized spacial score (nSPS) is 17.3. The van der Waals surface area contributed by atoms with Gasteiger partial charge in [-0.25, -0.2) is 5.26 Å². The number of anilines is 3. The van der Waals surface area contributed by atoms with E-state index in [1.807, 2.05) is 0 Å². The second-order valence-corrected chi connectivity index (χ2v) is 11.1. The molecular formula is C25H18Cl5N3O5. The molecule has 0 aromatic heterocycles. The van der Waals surface area contributed by atoms with Gasteiger partial charge in [0.1, 0.15) is 4.33 Å². The van der Waals surface area contributed by atoms with Crippen LogP contribution in [0.4, 0.5) is 17.1 Å². The summed E-state index contributed by atoms with van der Waals surface area (Å²) in [7, 11) is 0. The van der Waals surface area contributed by atoms with Crippen molar-refractivity contribution < 1.29 is 24.5 Å². The lowest BCUT2D eigenvalue weighted by atomic mass is 10.1. The molecule has 13 heteroatoms. The number of rotatable bonds is 7. The van der Waals surface area contributed by atoms with E-state index in [0.717, 1.165) is 0 Å². The van der Waals surface area contributed by atoms with Gasteiger partial charge in [-0.15, -0.1) is 23.2 Å². The monoisotopic (exact) mass is 615 g/mol. The van der Waals surface area contributed by atoms with Gasteiger partial charge in [-0.2, -0.15) is 0 Å². The van der Waals surface area contributed by atoms with Crippen LogP contribution in [0.5, 0.6) is 5.75 Å². The molecule has 0 spiro atoms. The number of alkyl halides is 2. The molecule has 198 valence electrons. The van der Waals surface area contributed by atoms with E-state index in [9.17, 15) is 14.4 Å². The Balaban J connectivity index is 1.48. The molecule has 1 fully saturated rings. The molecule has 4 rings (SSSR count). The van der Waals surface area contributed by atoms with E-state index in [2.05, 4.69) is 20.8 Å². The Bertz CT molecular complexity index is 1410. The van der Waals surface area contributed by atoms with Gasteiger partial charge in [0.2, 0.25) is 17.6 Å². The summed E-state index contributed by atoms with van der Waals surface area (Å²) in [5.41, 5.74) is 1.93. The van der Waals surface area contributed by atoms with Crippen LogP contribution < -0.4 is 20.8 Å². The van der Waals surface area contributed by atoms with Crippen molar-refractivity contribution in [3.63, 3.8) is 0 Å². The van der Waals surface area contributed by atoms with Crippen molar-refractivity contribution in [2.24, 2.45) is 5.92 Å². The zero-order chi connectivity index (χ0) is 27.8. The third-order valence-electron chi connectivity index (χ3n) is 5.75. The lowest BCUT2D eigenvalue weighted by molar-refractivity contribution is -0.137. The van der Waals surface area contributed by atoms with Crippen molar-refractivity contribution in [3.8, 4) is 5.75 Å². The average molecular weight is 618 g/mol. The lowest BCUT2D eigenvalue weighted by Gasteiger charge is -2.11. The number of halogens is 5. The van der Waals surface area contributed by atoms with E-state index in [1.165, 1.54) is 37.3 Å². The first-order valence-electron chi connectivity index (χ1n) is 10.9. The molecule has 0 bridgehead atoms. The third-order valence-corrected chi connectivity index (χ3v) is 7.58. The van der Waals surface area contributed by atoms with E-state index < -0.39 is 28.0 Å². The fraction of sp³-hybridized carbons (Fsp3) is 0.160. The third kappa shape index (κ3) is 5.96. The molecule has 3 amide bonds. The average Bonchev–Trinajstić information content (AvgIpc) is 3.43. The maximum atomic E-state index is 13.1. The Morgan fingerprint density at radius 1 is 0.816 bits per heavy atom. The highest BCUT2D eigenvalue weighted by molar-refractivity contribution is 6.53. The molecule has 1 saturated carbocycles. The number of benzene rings is 3. The van der Waals surface area contributed by atoms with Gasteiger partial charge >= 0.3 is 0 Å². The summed E-state index contributed by atoms with van der Waals surface area (Å²) in [6.45, 7) is 1.39. The van der Waals surface area contributed by atoms with E-state index in [4.69, 9.17) is 63.3 Å². The number of nitrogens with one attached hydrogen (secondary N) is 3. The molecule has 8 nitrogen and oxygen atoms in total. The van der Waals surface area contributed by atoms with Crippen molar-refractivity contribution in [1.29, 1.82) is 0 Å². The van der Waals surface area contributed by atoms with Gasteiger partial charge in [-0.1, -0.05) is 34.8 Å². The standard InChI is InChI=1S/C25H18Cl5N3O5/c1-11(34)31-13-2-4-14(5-3-13)32-23(35)16-10-15(6-7-17(16)26)33-24(36)21-20(25(21,29)30)12-8-18(27)22(38-37)19(28)9-12/h2-10,20-21,37H,1H3,(H,31,34)(H,32,35)(H,33,36). The molecular weight excluding hydrogens is 600 g/mol. The van der Waals surface area contributed by atoms with Gasteiger partial charge in [0.15, 0.2) is 0 Å². The predicted molar refractivity (Wildman–Crippen MR) is 149 cm³/mol. The van der Waals surface area contributed by atoms with Gasteiger partial charge in [-0.05, 0) is 60.2 Å². The number of hydrogen-bond donors (Lipinski definition) is 4. The highest BCUT2D eigenvalue weighted by Crippen LogP contribution is 2.65. The number of hydrogen-bond acceptors (Lipinski definition) is 5. The fourth-order valence-corrected chi connectivity index (χ4v) is 5.55.